The molecule has 94 valence electrons. The SMILES string of the molecule is CCNCC(C)C(=O)Nc1ccc(C)c(Cl)c1. The lowest BCUT2D eigenvalue weighted by molar-refractivity contribution is -0.119. The van der Waals surface area contributed by atoms with Crippen LogP contribution in [0.15, 0.2) is 18.2 Å². The van der Waals surface area contributed by atoms with Crippen molar-refractivity contribution in [3.63, 3.8) is 0 Å². The molecule has 0 bridgehead atoms. The molecule has 0 aliphatic rings. The monoisotopic (exact) mass is 254 g/mol. The predicted molar refractivity (Wildman–Crippen MR) is 72.5 cm³/mol. The lowest BCUT2D eigenvalue weighted by atomic mass is 10.1. The number of rotatable bonds is 5. The second-order valence-electron chi connectivity index (χ2n) is 4.16. The molecule has 17 heavy (non-hydrogen) atoms. The standard InChI is InChI=1S/C13H19ClN2O/c1-4-15-8-10(3)13(17)16-11-6-5-9(2)12(14)7-11/h5-7,10,15H,4,8H2,1-3H3,(H,16,17). The van der Waals surface area contributed by atoms with E-state index in [1.807, 2.05) is 32.9 Å². The molecule has 0 saturated carbocycles. The van der Waals surface area contributed by atoms with Crippen LogP contribution in [0.3, 0.4) is 0 Å². The van der Waals surface area contributed by atoms with Crippen molar-refractivity contribution in [2.24, 2.45) is 5.92 Å². The summed E-state index contributed by atoms with van der Waals surface area (Å²) < 4.78 is 0. The first-order chi connectivity index (χ1) is 8.04. The topological polar surface area (TPSA) is 41.1 Å². The molecule has 0 heterocycles. The molecule has 2 N–H and O–H groups in total. The first kappa shape index (κ1) is 14.0. The van der Waals surface area contributed by atoms with Gasteiger partial charge in [0.25, 0.3) is 0 Å². The summed E-state index contributed by atoms with van der Waals surface area (Å²) in [7, 11) is 0. The van der Waals surface area contributed by atoms with Gasteiger partial charge in [0, 0.05) is 23.2 Å². The number of benzene rings is 1. The number of aryl methyl sites for hydroxylation is 1. The van der Waals surface area contributed by atoms with Crippen LogP contribution in [-0.2, 0) is 4.79 Å². The Bertz CT molecular complexity index is 393. The van der Waals surface area contributed by atoms with Crippen molar-refractivity contribution >= 4 is 23.2 Å². The average molecular weight is 255 g/mol. The molecule has 0 aromatic heterocycles. The summed E-state index contributed by atoms with van der Waals surface area (Å²) >= 11 is 6.00. The minimum absolute atomic E-state index is 0.00543. The zero-order valence-corrected chi connectivity index (χ0v) is 11.3. The Kier molecular flexibility index (Phi) is 5.45. The molecule has 0 fully saturated rings. The highest BCUT2D eigenvalue weighted by Crippen LogP contribution is 2.20. The zero-order chi connectivity index (χ0) is 12.8. The summed E-state index contributed by atoms with van der Waals surface area (Å²) in [5.41, 5.74) is 1.75. The molecule has 0 radical (unpaired) electrons. The van der Waals surface area contributed by atoms with Gasteiger partial charge in [-0.25, -0.2) is 0 Å². The number of hydrogen-bond acceptors (Lipinski definition) is 2. The number of carbonyl (C=O) groups excluding carboxylic acids is 1. The van der Waals surface area contributed by atoms with Crippen molar-refractivity contribution in [1.82, 2.24) is 5.32 Å². The Balaban J connectivity index is 2.58. The van der Waals surface area contributed by atoms with Crippen molar-refractivity contribution < 1.29 is 4.79 Å². The average Bonchev–Trinajstić information content (AvgIpc) is 2.30. The fourth-order valence-corrected chi connectivity index (χ4v) is 1.57. The molecule has 0 aliphatic heterocycles. The van der Waals surface area contributed by atoms with E-state index >= 15 is 0 Å². The van der Waals surface area contributed by atoms with Gasteiger partial charge >= 0.3 is 0 Å². The van der Waals surface area contributed by atoms with Crippen LogP contribution in [0.5, 0.6) is 0 Å². The van der Waals surface area contributed by atoms with E-state index in [-0.39, 0.29) is 11.8 Å². The van der Waals surface area contributed by atoms with E-state index in [0.717, 1.165) is 17.8 Å². The van der Waals surface area contributed by atoms with Crippen molar-refractivity contribution in [3.8, 4) is 0 Å². The molecular weight excluding hydrogens is 236 g/mol. The van der Waals surface area contributed by atoms with Crippen LogP contribution in [0.1, 0.15) is 19.4 Å². The number of amides is 1. The molecule has 1 aromatic carbocycles. The predicted octanol–water partition coefficient (Wildman–Crippen LogP) is 2.83. The Morgan fingerprint density at radius 1 is 1.47 bits per heavy atom. The lowest BCUT2D eigenvalue weighted by Crippen LogP contribution is -2.30. The van der Waals surface area contributed by atoms with Crippen molar-refractivity contribution in [1.29, 1.82) is 0 Å². The summed E-state index contributed by atoms with van der Waals surface area (Å²) in [4.78, 5) is 11.8. The Labute approximate surface area is 108 Å². The van der Waals surface area contributed by atoms with E-state index in [2.05, 4.69) is 10.6 Å². The van der Waals surface area contributed by atoms with Gasteiger partial charge < -0.3 is 10.6 Å². The summed E-state index contributed by atoms with van der Waals surface area (Å²) in [6, 6.07) is 5.53. The first-order valence-corrected chi connectivity index (χ1v) is 6.20. The second kappa shape index (κ2) is 6.62. The van der Waals surface area contributed by atoms with E-state index in [0.29, 0.717) is 11.6 Å². The van der Waals surface area contributed by atoms with Crippen LogP contribution in [0.25, 0.3) is 0 Å². The molecule has 0 saturated heterocycles. The number of anilines is 1. The van der Waals surface area contributed by atoms with Gasteiger partial charge in [-0.1, -0.05) is 31.5 Å². The van der Waals surface area contributed by atoms with Gasteiger partial charge in [-0.3, -0.25) is 4.79 Å². The van der Waals surface area contributed by atoms with Crippen molar-refractivity contribution in [2.75, 3.05) is 18.4 Å². The Hall–Kier alpha value is -1.06. The van der Waals surface area contributed by atoms with Gasteiger partial charge in [0.05, 0.1) is 0 Å². The number of hydrogen-bond donors (Lipinski definition) is 2. The van der Waals surface area contributed by atoms with Crippen LogP contribution in [-0.4, -0.2) is 19.0 Å². The van der Waals surface area contributed by atoms with E-state index < -0.39 is 0 Å². The van der Waals surface area contributed by atoms with Gasteiger partial charge in [0.2, 0.25) is 5.91 Å². The fourth-order valence-electron chi connectivity index (χ4n) is 1.39. The third kappa shape index (κ3) is 4.36. The smallest absolute Gasteiger partial charge is 0.228 e. The third-order valence-electron chi connectivity index (χ3n) is 2.59. The fraction of sp³-hybridized carbons (Fsp3) is 0.462. The molecule has 1 rings (SSSR count). The van der Waals surface area contributed by atoms with Gasteiger partial charge in [0.15, 0.2) is 0 Å². The third-order valence-corrected chi connectivity index (χ3v) is 2.99. The normalized spacial score (nSPS) is 12.2. The molecule has 1 aromatic rings. The summed E-state index contributed by atoms with van der Waals surface area (Å²) in [6.07, 6.45) is 0. The molecule has 1 amide bonds. The summed E-state index contributed by atoms with van der Waals surface area (Å²) in [5, 5.41) is 6.67. The first-order valence-electron chi connectivity index (χ1n) is 5.82. The molecular formula is C13H19ClN2O. The molecule has 1 atom stereocenters. The molecule has 3 nitrogen and oxygen atoms in total. The van der Waals surface area contributed by atoms with Crippen LogP contribution in [0.2, 0.25) is 5.02 Å². The second-order valence-corrected chi connectivity index (χ2v) is 4.57. The highest BCUT2D eigenvalue weighted by atomic mass is 35.5. The van der Waals surface area contributed by atoms with Gasteiger partial charge in [0.1, 0.15) is 0 Å². The zero-order valence-electron chi connectivity index (χ0n) is 10.5. The number of carbonyl (C=O) groups is 1. The molecule has 4 heteroatoms. The lowest BCUT2D eigenvalue weighted by Gasteiger charge is -2.13. The molecule has 0 spiro atoms. The van der Waals surface area contributed by atoms with Gasteiger partial charge in [-0.15, -0.1) is 0 Å². The maximum atomic E-state index is 11.8. The summed E-state index contributed by atoms with van der Waals surface area (Å²) in [6.45, 7) is 7.40. The van der Waals surface area contributed by atoms with Crippen LogP contribution < -0.4 is 10.6 Å². The van der Waals surface area contributed by atoms with E-state index in [9.17, 15) is 4.79 Å². The minimum Gasteiger partial charge on any atom is -0.326 e. The largest absolute Gasteiger partial charge is 0.326 e. The maximum Gasteiger partial charge on any atom is 0.228 e. The minimum atomic E-state index is -0.0602. The molecule has 1 unspecified atom stereocenters. The van der Waals surface area contributed by atoms with Crippen molar-refractivity contribution in [2.45, 2.75) is 20.8 Å². The quantitative estimate of drug-likeness (QED) is 0.848. The van der Waals surface area contributed by atoms with E-state index in [4.69, 9.17) is 11.6 Å². The highest BCUT2D eigenvalue weighted by molar-refractivity contribution is 6.31. The van der Waals surface area contributed by atoms with E-state index in [1.165, 1.54) is 0 Å². The molecule has 0 aliphatic carbocycles. The Morgan fingerprint density at radius 3 is 2.76 bits per heavy atom. The van der Waals surface area contributed by atoms with E-state index in [1.54, 1.807) is 6.07 Å². The van der Waals surface area contributed by atoms with Crippen molar-refractivity contribution in [3.05, 3.63) is 28.8 Å². The number of nitrogens with one attached hydrogen (secondary N) is 2. The Morgan fingerprint density at radius 2 is 2.18 bits per heavy atom. The summed E-state index contributed by atoms with van der Waals surface area (Å²) in [5.74, 6) is -0.0547. The number of halogens is 1. The van der Waals surface area contributed by atoms with Crippen LogP contribution in [0, 0.1) is 12.8 Å². The maximum absolute atomic E-state index is 11.8. The van der Waals surface area contributed by atoms with Gasteiger partial charge in [-0.2, -0.15) is 0 Å². The van der Waals surface area contributed by atoms with Crippen LogP contribution in [0.4, 0.5) is 5.69 Å². The highest BCUT2D eigenvalue weighted by Gasteiger charge is 2.12. The van der Waals surface area contributed by atoms with Gasteiger partial charge in [-0.05, 0) is 31.2 Å². The van der Waals surface area contributed by atoms with Crippen LogP contribution >= 0.6 is 11.6 Å².